The van der Waals surface area contributed by atoms with E-state index in [-0.39, 0.29) is 22.6 Å². The zero-order valence-electron chi connectivity index (χ0n) is 20.8. The van der Waals surface area contributed by atoms with E-state index in [1.54, 1.807) is 0 Å². The van der Waals surface area contributed by atoms with Gasteiger partial charge in [0, 0.05) is 6.92 Å². The van der Waals surface area contributed by atoms with Crippen LogP contribution in [-0.4, -0.2) is 63.5 Å². The molecule has 184 valence electrons. The van der Waals surface area contributed by atoms with Crippen molar-refractivity contribution in [3.05, 3.63) is 0 Å². The number of hydrogen-bond donors (Lipinski definition) is 3. The lowest BCUT2D eigenvalue weighted by molar-refractivity contribution is -0.124. The van der Waals surface area contributed by atoms with Gasteiger partial charge in [-0.2, -0.15) is 0 Å². The second kappa shape index (κ2) is 9.64. The summed E-state index contributed by atoms with van der Waals surface area (Å²) >= 11 is 0. The summed E-state index contributed by atoms with van der Waals surface area (Å²) in [7, 11) is -9.33. The average molecular weight is 500 g/mol. The first-order chi connectivity index (χ1) is 13.6. The Morgan fingerprint density at radius 2 is 1.45 bits per heavy atom. The fourth-order valence-electron chi connectivity index (χ4n) is 2.64. The van der Waals surface area contributed by atoms with Crippen LogP contribution in [0, 0.1) is 0 Å². The van der Waals surface area contributed by atoms with E-state index in [2.05, 4.69) is 73.0 Å². The van der Waals surface area contributed by atoms with Gasteiger partial charge in [0.2, 0.25) is 5.91 Å². The van der Waals surface area contributed by atoms with Crippen molar-refractivity contribution in [3.8, 4) is 0 Å². The first-order valence-corrected chi connectivity index (χ1v) is 17.9. The van der Waals surface area contributed by atoms with Crippen LogP contribution < -0.4 is 5.32 Å². The minimum absolute atomic E-state index is 0.104. The van der Waals surface area contributed by atoms with Gasteiger partial charge in [-0.25, -0.2) is 4.57 Å². The number of phosphoric acid groups is 1. The maximum atomic E-state index is 12.0. The largest absolute Gasteiger partial charge is 0.469 e. The third kappa shape index (κ3) is 8.01. The number of ether oxygens (including phenoxy) is 1. The predicted octanol–water partition coefficient (Wildman–Crippen LogP) is 3.74. The third-order valence-corrected chi connectivity index (χ3v) is 15.9. The fourth-order valence-corrected chi connectivity index (χ4v) is 5.45. The smallest absolute Gasteiger partial charge is 0.409 e. The molecule has 12 heteroatoms. The lowest BCUT2D eigenvalue weighted by atomic mass is 10.1. The van der Waals surface area contributed by atoms with E-state index < -0.39 is 49.0 Å². The second-order valence-electron chi connectivity index (χ2n) is 11.3. The Morgan fingerprint density at radius 3 is 1.84 bits per heavy atom. The van der Waals surface area contributed by atoms with Crippen LogP contribution in [0.4, 0.5) is 0 Å². The van der Waals surface area contributed by atoms with Crippen molar-refractivity contribution in [2.45, 2.75) is 109 Å². The second-order valence-corrected chi connectivity index (χ2v) is 22.0. The van der Waals surface area contributed by atoms with Crippen molar-refractivity contribution in [2.75, 3.05) is 6.61 Å². The average Bonchev–Trinajstić information content (AvgIpc) is 2.78. The molecule has 1 aliphatic rings. The highest BCUT2D eigenvalue weighted by Gasteiger charge is 2.53. The van der Waals surface area contributed by atoms with Gasteiger partial charge in [0.25, 0.3) is 0 Å². The van der Waals surface area contributed by atoms with Crippen molar-refractivity contribution < 1.29 is 37.3 Å². The molecule has 1 saturated heterocycles. The Balaban J connectivity index is 3.33. The highest BCUT2D eigenvalue weighted by Crippen LogP contribution is 2.44. The van der Waals surface area contributed by atoms with E-state index in [4.69, 9.17) is 18.1 Å². The molecule has 9 nitrogen and oxygen atoms in total. The summed E-state index contributed by atoms with van der Waals surface area (Å²) in [5, 5.41) is 2.67. The number of carbonyl (C=O) groups excluding carboxylic acids is 1. The Morgan fingerprint density at radius 1 is 1.00 bits per heavy atom. The standard InChI is InChI=1S/C19H42NO8PSi2/c1-13(21)20-15-16(27-30(8,9)18(2,3)4)14(12-25-29(22,23)24)26-17(15)28-31(10,11)19(5,6)7/h14-17H,12H2,1-11H3,(H,20,21)(H2,22,23,24)/t14-,15+,16?,17-/m1/s1. The summed E-state index contributed by atoms with van der Waals surface area (Å²) in [6, 6.07) is -0.633. The highest BCUT2D eigenvalue weighted by atomic mass is 31.2. The van der Waals surface area contributed by atoms with Gasteiger partial charge in [0.15, 0.2) is 22.9 Å². The molecule has 1 unspecified atom stereocenters. The van der Waals surface area contributed by atoms with Crippen LogP contribution in [0.3, 0.4) is 0 Å². The molecule has 31 heavy (non-hydrogen) atoms. The number of hydrogen-bond acceptors (Lipinski definition) is 6. The quantitative estimate of drug-likeness (QED) is 0.341. The monoisotopic (exact) mass is 499 g/mol. The van der Waals surface area contributed by atoms with E-state index in [9.17, 15) is 19.1 Å². The first-order valence-electron chi connectivity index (χ1n) is 10.6. The molecule has 1 aliphatic heterocycles. The van der Waals surface area contributed by atoms with Gasteiger partial charge >= 0.3 is 7.82 Å². The number of phosphoric ester groups is 1. The summed E-state index contributed by atoms with van der Waals surface area (Å²) in [5.41, 5.74) is 0. The van der Waals surface area contributed by atoms with Gasteiger partial charge in [0.1, 0.15) is 12.1 Å². The molecule has 0 spiro atoms. The summed E-state index contributed by atoms with van der Waals surface area (Å²) < 4.78 is 35.2. The van der Waals surface area contributed by atoms with Crippen LogP contribution in [0.5, 0.6) is 0 Å². The van der Waals surface area contributed by atoms with Crippen LogP contribution in [-0.2, 0) is 27.5 Å². The number of rotatable bonds is 8. The van der Waals surface area contributed by atoms with Crippen LogP contribution in [0.15, 0.2) is 0 Å². The Bertz CT molecular complexity index is 683. The topological polar surface area (TPSA) is 124 Å². The number of amides is 1. The summed E-state index contributed by atoms with van der Waals surface area (Å²) in [6.07, 6.45) is -2.30. The first kappa shape index (κ1) is 28.9. The normalized spacial score (nSPS) is 26.2. The minimum atomic E-state index is -4.71. The van der Waals surface area contributed by atoms with E-state index in [1.165, 1.54) is 6.92 Å². The summed E-state index contributed by atoms with van der Waals surface area (Å²) in [6.45, 7) is 21.9. The van der Waals surface area contributed by atoms with Crippen LogP contribution in [0.25, 0.3) is 0 Å². The molecule has 3 N–H and O–H groups in total. The lowest BCUT2D eigenvalue weighted by Gasteiger charge is -2.41. The van der Waals surface area contributed by atoms with Crippen molar-refractivity contribution in [3.63, 3.8) is 0 Å². The molecule has 4 atom stereocenters. The molecule has 1 rings (SSSR count). The van der Waals surface area contributed by atoms with E-state index in [1.807, 2.05) is 0 Å². The minimum Gasteiger partial charge on any atom is -0.409 e. The van der Waals surface area contributed by atoms with Crippen molar-refractivity contribution in [2.24, 2.45) is 0 Å². The van der Waals surface area contributed by atoms with Gasteiger partial charge in [-0.1, -0.05) is 41.5 Å². The molecule has 1 heterocycles. The van der Waals surface area contributed by atoms with Crippen molar-refractivity contribution in [1.82, 2.24) is 5.32 Å². The molecule has 1 fully saturated rings. The van der Waals surface area contributed by atoms with Crippen LogP contribution in [0.1, 0.15) is 48.5 Å². The van der Waals surface area contributed by atoms with Crippen LogP contribution in [0.2, 0.25) is 36.3 Å². The zero-order chi connectivity index (χ0) is 24.6. The van der Waals surface area contributed by atoms with Gasteiger partial charge in [0.05, 0.1) is 12.7 Å². The van der Waals surface area contributed by atoms with Crippen LogP contribution >= 0.6 is 7.82 Å². The Labute approximate surface area is 189 Å². The Hall–Kier alpha value is -0.106. The SMILES string of the molecule is CC(=O)N[C@H]1C(O[Si](C)(C)C(C)(C)C)[C@@H](COP(=O)(O)O)O[C@@H]1O[Si](C)(C)C(C)(C)C. The molecule has 0 aromatic carbocycles. The zero-order valence-corrected chi connectivity index (χ0v) is 23.7. The van der Waals surface area contributed by atoms with Gasteiger partial charge in [-0.05, 0) is 36.3 Å². The number of carbonyl (C=O) groups is 1. The molecule has 0 aromatic rings. The molecule has 0 bridgehead atoms. The predicted molar refractivity (Wildman–Crippen MR) is 125 cm³/mol. The molecular weight excluding hydrogens is 457 g/mol. The van der Waals surface area contributed by atoms with E-state index in [0.29, 0.717) is 0 Å². The molecule has 0 saturated carbocycles. The molecular formula is C19H42NO8PSi2. The molecule has 1 amide bonds. The maximum Gasteiger partial charge on any atom is 0.469 e. The van der Waals surface area contributed by atoms with Crippen molar-refractivity contribution >= 4 is 30.4 Å². The molecule has 0 aromatic heterocycles. The summed E-state index contributed by atoms with van der Waals surface area (Å²) in [4.78, 5) is 30.4. The maximum absolute atomic E-state index is 12.0. The summed E-state index contributed by atoms with van der Waals surface area (Å²) in [5.74, 6) is -0.266. The fraction of sp³-hybridized carbons (Fsp3) is 0.947. The highest BCUT2D eigenvalue weighted by molar-refractivity contribution is 7.46. The van der Waals surface area contributed by atoms with E-state index in [0.717, 1.165) is 0 Å². The van der Waals surface area contributed by atoms with Crippen molar-refractivity contribution in [1.29, 1.82) is 0 Å². The molecule has 0 radical (unpaired) electrons. The van der Waals surface area contributed by atoms with Gasteiger partial charge < -0.3 is 28.7 Å². The van der Waals surface area contributed by atoms with Gasteiger partial charge in [-0.15, -0.1) is 0 Å². The van der Waals surface area contributed by atoms with E-state index >= 15 is 0 Å². The lowest BCUT2D eigenvalue weighted by Crippen LogP contribution is -2.56. The third-order valence-electron chi connectivity index (χ3n) is 6.55. The number of nitrogens with one attached hydrogen (secondary N) is 1. The molecule has 0 aliphatic carbocycles. The Kier molecular flexibility index (Phi) is 8.99. The van der Waals surface area contributed by atoms with Gasteiger partial charge in [-0.3, -0.25) is 9.32 Å².